The van der Waals surface area contributed by atoms with Crippen LogP contribution in [0.3, 0.4) is 0 Å². The maximum Gasteiger partial charge on any atom is 0.273 e. The Labute approximate surface area is 146 Å². The van der Waals surface area contributed by atoms with Gasteiger partial charge in [0.1, 0.15) is 22.8 Å². The summed E-state index contributed by atoms with van der Waals surface area (Å²) in [6, 6.07) is 3.98. The molecule has 0 aliphatic carbocycles. The van der Waals surface area contributed by atoms with Crippen LogP contribution in [0.1, 0.15) is 58.9 Å². The summed E-state index contributed by atoms with van der Waals surface area (Å²) in [7, 11) is 0. The Bertz CT molecular complexity index is 967. The molecule has 4 rings (SSSR count). The van der Waals surface area contributed by atoms with Crippen molar-refractivity contribution in [3.8, 4) is 0 Å². The smallest absolute Gasteiger partial charge is 0.273 e. The topological polar surface area (TPSA) is 63.6 Å². The minimum atomic E-state index is -0.00593. The Hall–Kier alpha value is -2.63. The summed E-state index contributed by atoms with van der Waals surface area (Å²) in [5.41, 5.74) is 4.20. The van der Waals surface area contributed by atoms with Gasteiger partial charge in [0, 0.05) is 25.1 Å². The maximum absolute atomic E-state index is 13.1. The number of carbonyl (C=O) groups is 1. The number of rotatable bonds is 2. The van der Waals surface area contributed by atoms with Crippen molar-refractivity contribution < 1.29 is 9.21 Å². The van der Waals surface area contributed by atoms with Crippen LogP contribution in [0, 0.1) is 13.8 Å². The summed E-state index contributed by atoms with van der Waals surface area (Å²) < 4.78 is 7.70. The Kier molecular flexibility index (Phi) is 3.63. The molecule has 130 valence electrons. The van der Waals surface area contributed by atoms with Gasteiger partial charge in [0.2, 0.25) is 0 Å². The van der Waals surface area contributed by atoms with E-state index >= 15 is 0 Å². The largest absolute Gasteiger partial charge is 0.445 e. The van der Waals surface area contributed by atoms with Gasteiger partial charge in [-0.15, -0.1) is 0 Å². The predicted octanol–water partition coefficient (Wildman–Crippen LogP) is 3.26. The van der Waals surface area contributed by atoms with E-state index in [1.54, 1.807) is 0 Å². The molecule has 0 atom stereocenters. The van der Waals surface area contributed by atoms with Crippen LogP contribution in [0.2, 0.25) is 0 Å². The number of fused-ring (bicyclic) bond motifs is 2. The summed E-state index contributed by atoms with van der Waals surface area (Å²) in [4.78, 5) is 24.1. The lowest BCUT2D eigenvalue weighted by atomic mass is 10.1. The molecule has 0 saturated heterocycles. The number of hydrogen-bond donors (Lipinski definition) is 0. The van der Waals surface area contributed by atoms with Crippen LogP contribution in [-0.2, 0) is 13.0 Å². The van der Waals surface area contributed by atoms with Crippen molar-refractivity contribution in [3.05, 3.63) is 52.6 Å². The van der Waals surface area contributed by atoms with Crippen molar-refractivity contribution >= 4 is 11.6 Å². The quantitative estimate of drug-likeness (QED) is 0.719. The van der Waals surface area contributed by atoms with Crippen molar-refractivity contribution in [3.63, 3.8) is 0 Å². The first-order chi connectivity index (χ1) is 11.9. The van der Waals surface area contributed by atoms with Gasteiger partial charge in [-0.2, -0.15) is 0 Å². The van der Waals surface area contributed by atoms with Gasteiger partial charge in [-0.3, -0.25) is 9.20 Å². The summed E-state index contributed by atoms with van der Waals surface area (Å²) >= 11 is 0. The molecule has 1 aliphatic heterocycles. The number of nitrogens with zero attached hydrogens (tertiary/aromatic N) is 4. The van der Waals surface area contributed by atoms with E-state index in [9.17, 15) is 4.79 Å². The standard InChI is InChI=1S/C19H22N4O2/c1-11(2)18-21-14-10-22(7-6-15(14)25-18)19(24)17-13(4)20-16-9-12(3)5-8-23(16)17/h5,8-9,11H,6-7,10H2,1-4H3. The molecule has 0 unspecified atom stereocenters. The van der Waals surface area contributed by atoms with Crippen molar-refractivity contribution in [2.24, 2.45) is 0 Å². The highest BCUT2D eigenvalue weighted by atomic mass is 16.4. The van der Waals surface area contributed by atoms with Gasteiger partial charge in [-0.05, 0) is 31.5 Å². The zero-order chi connectivity index (χ0) is 17.7. The Morgan fingerprint density at radius 1 is 1.28 bits per heavy atom. The monoisotopic (exact) mass is 338 g/mol. The second kappa shape index (κ2) is 5.72. The fraction of sp³-hybridized carbons (Fsp3) is 0.421. The van der Waals surface area contributed by atoms with E-state index in [1.807, 2.05) is 41.5 Å². The average Bonchev–Trinajstić information content (AvgIpc) is 3.13. The highest BCUT2D eigenvalue weighted by Crippen LogP contribution is 2.25. The van der Waals surface area contributed by atoms with E-state index in [0.29, 0.717) is 25.2 Å². The first-order valence-electron chi connectivity index (χ1n) is 8.67. The van der Waals surface area contributed by atoms with Crippen LogP contribution in [0.4, 0.5) is 0 Å². The number of imidazole rings is 1. The molecule has 0 N–H and O–H groups in total. The normalized spacial score (nSPS) is 14.4. The molecular formula is C19H22N4O2. The van der Waals surface area contributed by atoms with Gasteiger partial charge >= 0.3 is 0 Å². The van der Waals surface area contributed by atoms with Crippen LogP contribution in [-0.4, -0.2) is 31.7 Å². The van der Waals surface area contributed by atoms with E-state index in [-0.39, 0.29) is 11.8 Å². The van der Waals surface area contributed by atoms with Gasteiger partial charge in [-0.25, -0.2) is 9.97 Å². The number of amides is 1. The minimum Gasteiger partial charge on any atom is -0.445 e. The van der Waals surface area contributed by atoms with E-state index in [1.165, 1.54) is 0 Å². The Morgan fingerprint density at radius 2 is 2.08 bits per heavy atom. The minimum absolute atomic E-state index is 0.00593. The third kappa shape index (κ3) is 2.62. The first kappa shape index (κ1) is 15.9. The van der Waals surface area contributed by atoms with Gasteiger partial charge in [0.05, 0.1) is 12.2 Å². The van der Waals surface area contributed by atoms with E-state index in [2.05, 4.69) is 23.8 Å². The molecule has 0 bridgehead atoms. The molecule has 6 heteroatoms. The van der Waals surface area contributed by atoms with Gasteiger partial charge in [-0.1, -0.05) is 13.8 Å². The molecule has 0 radical (unpaired) electrons. The zero-order valence-electron chi connectivity index (χ0n) is 15.0. The molecule has 0 spiro atoms. The maximum atomic E-state index is 13.1. The fourth-order valence-electron chi connectivity index (χ4n) is 3.31. The molecule has 3 aromatic rings. The van der Waals surface area contributed by atoms with E-state index < -0.39 is 0 Å². The van der Waals surface area contributed by atoms with Crippen LogP contribution in [0.25, 0.3) is 5.65 Å². The Morgan fingerprint density at radius 3 is 2.84 bits per heavy atom. The van der Waals surface area contributed by atoms with Crippen molar-refractivity contribution in [1.29, 1.82) is 0 Å². The van der Waals surface area contributed by atoms with Crippen LogP contribution >= 0.6 is 0 Å². The summed E-state index contributed by atoms with van der Waals surface area (Å²) in [5.74, 6) is 1.91. The number of pyridine rings is 1. The second-order valence-corrected chi connectivity index (χ2v) is 7.03. The fourth-order valence-corrected chi connectivity index (χ4v) is 3.31. The van der Waals surface area contributed by atoms with Crippen LogP contribution in [0.5, 0.6) is 0 Å². The number of hydrogen-bond acceptors (Lipinski definition) is 4. The number of aromatic nitrogens is 3. The second-order valence-electron chi connectivity index (χ2n) is 7.03. The zero-order valence-corrected chi connectivity index (χ0v) is 15.0. The van der Waals surface area contributed by atoms with Gasteiger partial charge in [0.15, 0.2) is 5.89 Å². The molecule has 6 nitrogen and oxygen atoms in total. The van der Waals surface area contributed by atoms with Gasteiger partial charge in [0.25, 0.3) is 5.91 Å². The van der Waals surface area contributed by atoms with E-state index in [0.717, 1.165) is 34.2 Å². The van der Waals surface area contributed by atoms with Crippen molar-refractivity contribution in [2.45, 2.75) is 46.6 Å². The Balaban J connectivity index is 1.67. The summed E-state index contributed by atoms with van der Waals surface area (Å²) in [6.07, 6.45) is 2.62. The van der Waals surface area contributed by atoms with Crippen molar-refractivity contribution in [2.75, 3.05) is 6.54 Å². The third-order valence-electron chi connectivity index (χ3n) is 4.68. The molecule has 4 heterocycles. The van der Waals surface area contributed by atoms with E-state index in [4.69, 9.17) is 4.42 Å². The SMILES string of the molecule is Cc1ccn2c(C(=O)N3CCc4oc(C(C)C)nc4C3)c(C)nc2c1. The first-order valence-corrected chi connectivity index (χ1v) is 8.67. The summed E-state index contributed by atoms with van der Waals surface area (Å²) in [6.45, 7) is 9.15. The number of aryl methyl sites for hydroxylation is 2. The molecule has 25 heavy (non-hydrogen) atoms. The lowest BCUT2D eigenvalue weighted by Gasteiger charge is -2.25. The molecule has 0 fully saturated rings. The van der Waals surface area contributed by atoms with Crippen LogP contribution < -0.4 is 0 Å². The molecule has 0 saturated carbocycles. The molecule has 0 aromatic carbocycles. The molecule has 1 aliphatic rings. The molecular weight excluding hydrogens is 316 g/mol. The van der Waals surface area contributed by atoms with Crippen molar-refractivity contribution in [1.82, 2.24) is 19.3 Å². The summed E-state index contributed by atoms with van der Waals surface area (Å²) in [5, 5.41) is 0. The number of carbonyl (C=O) groups excluding carboxylic acids is 1. The predicted molar refractivity (Wildman–Crippen MR) is 93.7 cm³/mol. The number of oxazole rings is 1. The third-order valence-corrected chi connectivity index (χ3v) is 4.68. The highest BCUT2D eigenvalue weighted by molar-refractivity contribution is 5.94. The average molecular weight is 338 g/mol. The van der Waals surface area contributed by atoms with Gasteiger partial charge < -0.3 is 9.32 Å². The van der Waals surface area contributed by atoms with Crippen LogP contribution in [0.15, 0.2) is 22.7 Å². The molecule has 1 amide bonds. The lowest BCUT2D eigenvalue weighted by molar-refractivity contribution is 0.0720. The molecule has 3 aromatic heterocycles. The lowest BCUT2D eigenvalue weighted by Crippen LogP contribution is -2.36. The highest BCUT2D eigenvalue weighted by Gasteiger charge is 2.29.